The Balaban J connectivity index is 0.000000546. The number of fused-ring (bicyclic) bond motifs is 2. The van der Waals surface area contributed by atoms with Crippen molar-refractivity contribution in [3.63, 3.8) is 0 Å². The van der Waals surface area contributed by atoms with Crippen LogP contribution in [-0.4, -0.2) is 44.0 Å². The number of thioether (sulfide) groups is 1. The Morgan fingerprint density at radius 1 is 0.894 bits per heavy atom. The number of rotatable bonds is 12. The number of hydrogen-bond acceptors (Lipinski definition) is 7. The molecule has 0 saturated heterocycles. The van der Waals surface area contributed by atoms with Crippen LogP contribution in [0.1, 0.15) is 43.7 Å². The minimum Gasteiger partial charge on any atom is -0.335 e. The number of halogens is 2. The number of thiazole rings is 1. The van der Waals surface area contributed by atoms with E-state index < -0.39 is 20.2 Å². The second kappa shape index (κ2) is 16.8. The summed E-state index contributed by atoms with van der Waals surface area (Å²) < 4.78 is 66.6. The van der Waals surface area contributed by atoms with Gasteiger partial charge in [0.05, 0.1) is 22.2 Å². The highest BCUT2D eigenvalue weighted by molar-refractivity contribution is 8.03. The minimum atomic E-state index is -4.08. The fourth-order valence-corrected chi connectivity index (χ4v) is 8.52. The molecule has 8 nitrogen and oxygen atoms in total. The lowest BCUT2D eigenvalue weighted by atomic mass is 10.2. The molecule has 1 aliphatic heterocycles. The van der Waals surface area contributed by atoms with Gasteiger partial charge in [-0.05, 0) is 66.8 Å². The molecule has 2 heterocycles. The van der Waals surface area contributed by atoms with Crippen LogP contribution in [0.4, 0.5) is 5.69 Å². The summed E-state index contributed by atoms with van der Waals surface area (Å²) in [6.07, 6.45) is 6.40. The zero-order chi connectivity index (χ0) is 34.2. The van der Waals surface area contributed by atoms with Gasteiger partial charge in [-0.2, -0.15) is 21.4 Å². The van der Waals surface area contributed by atoms with Crippen LogP contribution in [0.25, 0.3) is 16.3 Å². The van der Waals surface area contributed by atoms with Crippen LogP contribution >= 0.6 is 46.3 Å². The molecule has 1 aromatic heterocycles. The van der Waals surface area contributed by atoms with E-state index in [1.165, 1.54) is 5.56 Å². The third-order valence-corrected chi connectivity index (χ3v) is 11.5. The van der Waals surface area contributed by atoms with E-state index in [4.69, 9.17) is 23.2 Å². The number of hydrogen-bond donors (Lipinski definition) is 2. The lowest BCUT2D eigenvalue weighted by Crippen LogP contribution is -2.36. The van der Waals surface area contributed by atoms with Gasteiger partial charge in [0.1, 0.15) is 4.70 Å². The van der Waals surface area contributed by atoms with Gasteiger partial charge in [0.2, 0.25) is 5.52 Å². The highest BCUT2D eigenvalue weighted by Gasteiger charge is 2.26. The van der Waals surface area contributed by atoms with Crippen molar-refractivity contribution in [3.05, 3.63) is 104 Å². The fraction of sp³-hybridized carbons (Fsp3) is 0.303. The third-order valence-electron chi connectivity index (χ3n) is 7.23. The summed E-state index contributed by atoms with van der Waals surface area (Å²) in [6.45, 7) is 4.94. The highest BCUT2D eigenvalue weighted by Crippen LogP contribution is 2.47. The number of aryl methyl sites for hydroxylation is 2. The van der Waals surface area contributed by atoms with Crippen LogP contribution in [0.15, 0.2) is 88.3 Å². The number of aromatic nitrogens is 1. The first-order valence-corrected chi connectivity index (χ1v) is 20.6. The maximum absolute atomic E-state index is 11.3. The molecule has 0 spiro atoms. The summed E-state index contributed by atoms with van der Waals surface area (Å²) in [5.41, 5.74) is 4.16. The molecule has 14 heteroatoms. The summed E-state index contributed by atoms with van der Waals surface area (Å²) >= 11 is 15.6. The van der Waals surface area contributed by atoms with Crippen molar-refractivity contribution in [3.8, 4) is 0 Å². The van der Waals surface area contributed by atoms with E-state index in [1.807, 2.05) is 58.9 Å². The van der Waals surface area contributed by atoms with Crippen molar-refractivity contribution in [2.75, 3.05) is 23.0 Å². The third kappa shape index (κ3) is 11.3. The predicted octanol–water partition coefficient (Wildman–Crippen LogP) is 8.55. The molecule has 5 rings (SSSR count). The van der Waals surface area contributed by atoms with Crippen LogP contribution in [0.3, 0.4) is 0 Å². The van der Waals surface area contributed by atoms with Gasteiger partial charge < -0.3 is 4.90 Å². The Bertz CT molecular complexity index is 1980. The molecule has 0 amide bonds. The molecule has 1 aliphatic rings. The van der Waals surface area contributed by atoms with Gasteiger partial charge in [0, 0.05) is 40.0 Å². The van der Waals surface area contributed by atoms with Crippen LogP contribution in [0, 0.1) is 0 Å². The van der Waals surface area contributed by atoms with Crippen molar-refractivity contribution in [2.24, 2.45) is 0 Å². The molecule has 0 radical (unpaired) electrons. The van der Waals surface area contributed by atoms with E-state index >= 15 is 0 Å². The normalized spacial score (nSPS) is 14.4. The first kappa shape index (κ1) is 37.4. The van der Waals surface area contributed by atoms with E-state index in [0.29, 0.717) is 29.6 Å². The molecule has 0 fully saturated rings. The van der Waals surface area contributed by atoms with Crippen molar-refractivity contribution in [1.82, 2.24) is 0 Å². The Morgan fingerprint density at radius 3 is 2.19 bits per heavy atom. The van der Waals surface area contributed by atoms with Gasteiger partial charge in [0.15, 0.2) is 6.54 Å². The van der Waals surface area contributed by atoms with E-state index in [0.717, 1.165) is 42.8 Å². The molecule has 0 aliphatic carbocycles. The molecular formula is C33H37Cl2N2O6S4+. The Hall–Kier alpha value is -2.42. The maximum atomic E-state index is 11.3. The zero-order valence-electron chi connectivity index (χ0n) is 26.0. The lowest BCUT2D eigenvalue weighted by Gasteiger charge is -2.20. The first-order valence-electron chi connectivity index (χ1n) is 15.0. The van der Waals surface area contributed by atoms with Crippen molar-refractivity contribution in [1.29, 1.82) is 0 Å². The standard InChI is InChI=1S/C25H26Cl2N2O6S4.C8H10/c1-2-17(13-24-28(9-3-11-38(30,31)32)20-15-18(26)5-7-22(20)36-24)14-25-29(10-4-12-39(33,34)35)21-16-19(27)6-8-23(21)37-25;1-2-8-6-4-3-5-7-8/h5-8,13-16H,2-4,9-12H2,1H3,(H-,30,31,32,33,34,35);3-7H,2H2,1H3/p+1. The Kier molecular flexibility index (Phi) is 13.4. The van der Waals surface area contributed by atoms with Gasteiger partial charge in [0.25, 0.3) is 25.2 Å². The van der Waals surface area contributed by atoms with E-state index in [-0.39, 0.29) is 24.3 Å². The predicted molar refractivity (Wildman–Crippen MR) is 196 cm³/mol. The molecule has 0 atom stereocenters. The quantitative estimate of drug-likeness (QED) is 0.109. The first-order chi connectivity index (χ1) is 22.3. The lowest BCUT2D eigenvalue weighted by molar-refractivity contribution is -0.668. The number of benzene rings is 3. The summed E-state index contributed by atoms with van der Waals surface area (Å²) in [6, 6.07) is 21.6. The molecule has 3 aromatic carbocycles. The number of nitrogens with zero attached hydrogens (tertiary/aromatic N) is 2. The maximum Gasteiger partial charge on any atom is 0.265 e. The molecule has 0 saturated carbocycles. The second-order valence-corrected chi connectivity index (χ2v) is 16.9. The largest absolute Gasteiger partial charge is 0.335 e. The van der Waals surface area contributed by atoms with Crippen LogP contribution in [0.5, 0.6) is 0 Å². The molecule has 0 unspecified atom stereocenters. The van der Waals surface area contributed by atoms with Gasteiger partial charge in [-0.25, -0.2) is 0 Å². The van der Waals surface area contributed by atoms with Gasteiger partial charge in [-0.15, -0.1) is 0 Å². The topological polar surface area (TPSA) is 116 Å². The van der Waals surface area contributed by atoms with Crippen molar-refractivity contribution >= 4 is 88.5 Å². The molecule has 0 bridgehead atoms. The summed E-state index contributed by atoms with van der Waals surface area (Å²) in [7, 11) is -8.16. The Labute approximate surface area is 295 Å². The monoisotopic (exact) mass is 755 g/mol. The van der Waals surface area contributed by atoms with E-state index in [2.05, 4.69) is 31.2 Å². The molecular weight excluding hydrogens is 720 g/mol. The molecule has 252 valence electrons. The van der Waals surface area contributed by atoms with E-state index in [9.17, 15) is 25.9 Å². The Morgan fingerprint density at radius 2 is 1.55 bits per heavy atom. The minimum absolute atomic E-state index is 0.235. The van der Waals surface area contributed by atoms with Crippen LogP contribution in [-0.2, 0) is 33.2 Å². The molecule has 2 N–H and O–H groups in total. The smallest absolute Gasteiger partial charge is 0.265 e. The molecule has 47 heavy (non-hydrogen) atoms. The van der Waals surface area contributed by atoms with Gasteiger partial charge in [-0.3, -0.25) is 9.11 Å². The van der Waals surface area contributed by atoms with Gasteiger partial charge in [-0.1, -0.05) is 90.5 Å². The van der Waals surface area contributed by atoms with Crippen molar-refractivity contribution in [2.45, 2.75) is 51.0 Å². The average molecular weight is 757 g/mol. The summed E-state index contributed by atoms with van der Waals surface area (Å²) in [5, 5.41) is 2.93. The fourth-order valence-electron chi connectivity index (χ4n) is 4.91. The highest BCUT2D eigenvalue weighted by atomic mass is 35.5. The van der Waals surface area contributed by atoms with Crippen LogP contribution < -0.4 is 9.47 Å². The average Bonchev–Trinajstić information content (AvgIpc) is 3.52. The van der Waals surface area contributed by atoms with Crippen LogP contribution in [0.2, 0.25) is 10.0 Å². The number of anilines is 1. The van der Waals surface area contributed by atoms with Gasteiger partial charge >= 0.3 is 0 Å². The second-order valence-electron chi connectivity index (χ2n) is 10.7. The summed E-state index contributed by atoms with van der Waals surface area (Å²) in [5.74, 6) is -0.691. The number of allylic oxidation sites excluding steroid dienone is 2. The summed E-state index contributed by atoms with van der Waals surface area (Å²) in [4.78, 5) is 3.00. The zero-order valence-corrected chi connectivity index (χ0v) is 30.8. The van der Waals surface area contributed by atoms with Crippen molar-refractivity contribution < 1.29 is 30.5 Å². The van der Waals surface area contributed by atoms with E-state index in [1.54, 1.807) is 35.2 Å². The molecule has 4 aromatic rings. The SMILES string of the molecule is CCC(/C=C1\Sc2ccc(Cl)cc2N1CCCS(=O)(=O)O)=C\c1sc2ccc(Cl)cc2[n+]1CCCS(=O)(=O)O.CCc1ccccc1.